The molecule has 130 valence electrons. The number of aromatic nitrogens is 3. The molecule has 0 amide bonds. The summed E-state index contributed by atoms with van der Waals surface area (Å²) >= 11 is 0. The summed E-state index contributed by atoms with van der Waals surface area (Å²) in [7, 11) is 3.25. The summed E-state index contributed by atoms with van der Waals surface area (Å²) in [6, 6.07) is 14.4. The lowest BCUT2D eigenvalue weighted by atomic mass is 10.1. The van der Waals surface area contributed by atoms with Crippen molar-refractivity contribution in [3.05, 3.63) is 65.7 Å². The summed E-state index contributed by atoms with van der Waals surface area (Å²) in [6.07, 6.45) is 0. The zero-order valence-electron chi connectivity index (χ0n) is 14.1. The van der Waals surface area contributed by atoms with Crippen LogP contribution in [0.3, 0.4) is 0 Å². The monoisotopic (exact) mass is 340 g/mol. The van der Waals surface area contributed by atoms with E-state index in [9.17, 15) is 0 Å². The van der Waals surface area contributed by atoms with Gasteiger partial charge in [0.25, 0.3) is 0 Å². The van der Waals surface area contributed by atoms with Gasteiger partial charge in [0.05, 0.1) is 20.3 Å². The Bertz CT molecular complexity index is 800. The molecule has 0 aliphatic heterocycles. The molecular formula is C18H20N4O3. The summed E-state index contributed by atoms with van der Waals surface area (Å²) in [5, 5.41) is 7.04. The molecule has 0 saturated carbocycles. The van der Waals surface area contributed by atoms with Crippen molar-refractivity contribution < 1.29 is 14.2 Å². The van der Waals surface area contributed by atoms with Crippen LogP contribution in [0.15, 0.2) is 48.5 Å². The van der Waals surface area contributed by atoms with Crippen LogP contribution in [-0.4, -0.2) is 29.4 Å². The third kappa shape index (κ3) is 4.07. The van der Waals surface area contributed by atoms with Crippen LogP contribution in [-0.2, 0) is 6.61 Å². The van der Waals surface area contributed by atoms with Crippen LogP contribution in [0.1, 0.15) is 23.3 Å². The number of ether oxygens (including phenoxy) is 3. The minimum absolute atomic E-state index is 0.272. The van der Waals surface area contributed by atoms with E-state index in [0.717, 1.165) is 22.8 Å². The Morgan fingerprint density at radius 2 is 1.48 bits per heavy atom. The molecule has 3 rings (SSSR count). The van der Waals surface area contributed by atoms with E-state index < -0.39 is 6.04 Å². The van der Waals surface area contributed by atoms with Crippen molar-refractivity contribution in [2.75, 3.05) is 14.2 Å². The van der Waals surface area contributed by atoms with Crippen molar-refractivity contribution in [1.82, 2.24) is 15.2 Å². The van der Waals surface area contributed by atoms with E-state index >= 15 is 0 Å². The summed E-state index contributed by atoms with van der Waals surface area (Å²) in [5.74, 6) is 3.39. The molecule has 7 heteroatoms. The van der Waals surface area contributed by atoms with Crippen molar-refractivity contribution >= 4 is 0 Å². The van der Waals surface area contributed by atoms with Gasteiger partial charge in [-0.05, 0) is 42.0 Å². The van der Waals surface area contributed by atoms with Crippen LogP contribution in [0.5, 0.6) is 17.2 Å². The minimum Gasteiger partial charge on any atom is -0.497 e. The number of nitrogens with two attached hydrogens (primary N) is 1. The number of hydrogen-bond donors (Lipinski definition) is 2. The third-order valence-corrected chi connectivity index (χ3v) is 3.74. The molecule has 0 fully saturated rings. The maximum Gasteiger partial charge on any atom is 0.172 e. The Kier molecular flexibility index (Phi) is 5.15. The molecule has 3 aromatic rings. The number of aromatic amines is 1. The summed E-state index contributed by atoms with van der Waals surface area (Å²) in [4.78, 5) is 4.41. The van der Waals surface area contributed by atoms with E-state index in [1.54, 1.807) is 14.2 Å². The van der Waals surface area contributed by atoms with Gasteiger partial charge in [-0.3, -0.25) is 5.10 Å². The lowest BCUT2D eigenvalue weighted by Gasteiger charge is -2.08. The average molecular weight is 340 g/mol. The van der Waals surface area contributed by atoms with Gasteiger partial charge < -0.3 is 19.9 Å². The highest BCUT2D eigenvalue weighted by Gasteiger charge is 2.15. The van der Waals surface area contributed by atoms with Gasteiger partial charge in [-0.15, -0.1) is 0 Å². The summed E-state index contributed by atoms with van der Waals surface area (Å²) in [5.41, 5.74) is 7.12. The first-order chi connectivity index (χ1) is 12.2. The van der Waals surface area contributed by atoms with Gasteiger partial charge in [0, 0.05) is 0 Å². The number of nitrogens with one attached hydrogen (secondary N) is 1. The van der Waals surface area contributed by atoms with Gasteiger partial charge in [-0.2, -0.15) is 5.10 Å². The molecule has 2 aromatic carbocycles. The molecule has 0 aliphatic rings. The summed E-state index contributed by atoms with van der Waals surface area (Å²) < 4.78 is 15.9. The molecule has 0 spiro atoms. The molecule has 0 bridgehead atoms. The normalized spacial score (nSPS) is 11.8. The Labute approximate surface area is 145 Å². The molecule has 0 saturated heterocycles. The van der Waals surface area contributed by atoms with Gasteiger partial charge in [-0.1, -0.05) is 12.1 Å². The second-order valence-electron chi connectivity index (χ2n) is 5.36. The van der Waals surface area contributed by atoms with E-state index in [-0.39, 0.29) is 6.61 Å². The predicted molar refractivity (Wildman–Crippen MR) is 92.7 cm³/mol. The van der Waals surface area contributed by atoms with Crippen LogP contribution in [0.2, 0.25) is 0 Å². The first-order valence-electron chi connectivity index (χ1n) is 7.77. The maximum atomic E-state index is 6.22. The van der Waals surface area contributed by atoms with E-state index in [1.807, 2.05) is 48.5 Å². The molecule has 0 radical (unpaired) electrons. The second-order valence-corrected chi connectivity index (χ2v) is 5.36. The number of hydrogen-bond acceptors (Lipinski definition) is 6. The molecule has 7 nitrogen and oxygen atoms in total. The lowest BCUT2D eigenvalue weighted by molar-refractivity contribution is 0.295. The predicted octanol–water partition coefficient (Wildman–Crippen LogP) is 2.45. The topological polar surface area (TPSA) is 95.3 Å². The lowest BCUT2D eigenvalue weighted by Crippen LogP contribution is -2.13. The van der Waals surface area contributed by atoms with Gasteiger partial charge in [0.2, 0.25) is 0 Å². The first kappa shape index (κ1) is 16.8. The van der Waals surface area contributed by atoms with Gasteiger partial charge >= 0.3 is 0 Å². The smallest absolute Gasteiger partial charge is 0.172 e. The third-order valence-electron chi connectivity index (χ3n) is 3.74. The Hall–Kier alpha value is -3.06. The number of nitrogens with zero attached hydrogens (tertiary/aromatic N) is 2. The maximum absolute atomic E-state index is 6.22. The van der Waals surface area contributed by atoms with Gasteiger partial charge in [0.1, 0.15) is 23.9 Å². The number of methoxy groups -OCH3 is 2. The van der Waals surface area contributed by atoms with Crippen LogP contribution < -0.4 is 19.9 Å². The van der Waals surface area contributed by atoms with Crippen molar-refractivity contribution in [1.29, 1.82) is 0 Å². The van der Waals surface area contributed by atoms with E-state index in [1.165, 1.54) is 0 Å². The van der Waals surface area contributed by atoms with Crippen molar-refractivity contribution in [2.24, 2.45) is 5.73 Å². The average Bonchev–Trinajstić information content (AvgIpc) is 3.15. The number of benzene rings is 2. The minimum atomic E-state index is -0.420. The standard InChI is InChI=1S/C18H20N4O3/c1-23-13-5-3-12(4-6-13)17(19)18-20-16(21-22-18)11-25-15-9-7-14(24-2)8-10-15/h3-10,17H,11,19H2,1-2H3,(H,20,21,22)/t17-/m0/s1. The van der Waals surface area contributed by atoms with Gasteiger partial charge in [-0.25, -0.2) is 4.98 Å². The molecule has 0 aliphatic carbocycles. The Morgan fingerprint density at radius 3 is 2.08 bits per heavy atom. The summed E-state index contributed by atoms with van der Waals surface area (Å²) in [6.45, 7) is 0.272. The Morgan fingerprint density at radius 1 is 0.920 bits per heavy atom. The molecule has 3 N–H and O–H groups in total. The fourth-order valence-corrected chi connectivity index (χ4v) is 2.30. The largest absolute Gasteiger partial charge is 0.497 e. The zero-order chi connectivity index (χ0) is 17.6. The molecule has 1 atom stereocenters. The van der Waals surface area contributed by atoms with Crippen LogP contribution >= 0.6 is 0 Å². The van der Waals surface area contributed by atoms with Crippen molar-refractivity contribution in [3.63, 3.8) is 0 Å². The molecule has 1 aromatic heterocycles. The SMILES string of the molecule is COc1ccc(OCc2nc([C@@H](N)c3ccc(OC)cc3)n[nH]2)cc1. The number of rotatable bonds is 7. The van der Waals surface area contributed by atoms with Crippen LogP contribution in [0, 0.1) is 0 Å². The van der Waals surface area contributed by atoms with Gasteiger partial charge in [0.15, 0.2) is 11.6 Å². The van der Waals surface area contributed by atoms with Crippen molar-refractivity contribution in [2.45, 2.75) is 12.6 Å². The molecule has 25 heavy (non-hydrogen) atoms. The van der Waals surface area contributed by atoms with Crippen LogP contribution in [0.4, 0.5) is 0 Å². The first-order valence-corrected chi connectivity index (χ1v) is 7.77. The zero-order valence-corrected chi connectivity index (χ0v) is 14.1. The molecule has 1 heterocycles. The highest BCUT2D eigenvalue weighted by atomic mass is 16.5. The second kappa shape index (κ2) is 7.67. The van der Waals surface area contributed by atoms with Crippen LogP contribution in [0.25, 0.3) is 0 Å². The fraction of sp³-hybridized carbons (Fsp3) is 0.222. The highest BCUT2D eigenvalue weighted by molar-refractivity contribution is 5.32. The van der Waals surface area contributed by atoms with E-state index in [4.69, 9.17) is 19.9 Å². The molecular weight excluding hydrogens is 320 g/mol. The van der Waals surface area contributed by atoms with E-state index in [0.29, 0.717) is 11.6 Å². The molecule has 0 unspecified atom stereocenters. The van der Waals surface area contributed by atoms with Crippen molar-refractivity contribution in [3.8, 4) is 17.2 Å². The quantitative estimate of drug-likeness (QED) is 0.686. The Balaban J connectivity index is 1.62. The highest BCUT2D eigenvalue weighted by Crippen LogP contribution is 2.20. The number of H-pyrrole nitrogens is 1. The fourth-order valence-electron chi connectivity index (χ4n) is 2.30. The van der Waals surface area contributed by atoms with E-state index in [2.05, 4.69) is 15.2 Å².